The fraction of sp³-hybridized carbons (Fsp3) is 0.190. The standard InChI is InChI=1S/C21H15ClF2N4O3/c1-28(21(30)14-4-9-2-3-25-19(22)18(9)26-14)16-8-31-7-15-17(16)10-5-12(23)13(24)6-11(10)20(29)27-15/h2-6,16,26H,7-8H2,1H3,(H,27,29). The Kier molecular flexibility index (Phi) is 4.53. The minimum Gasteiger partial charge on any atom is -0.373 e. The summed E-state index contributed by atoms with van der Waals surface area (Å²) in [4.78, 5) is 36.7. The van der Waals surface area contributed by atoms with E-state index in [4.69, 9.17) is 16.3 Å². The van der Waals surface area contributed by atoms with Gasteiger partial charge in [-0.25, -0.2) is 13.8 Å². The van der Waals surface area contributed by atoms with Gasteiger partial charge in [0.25, 0.3) is 11.5 Å². The molecule has 1 aliphatic rings. The fourth-order valence-corrected chi connectivity index (χ4v) is 4.23. The molecule has 0 fully saturated rings. The van der Waals surface area contributed by atoms with Crippen LogP contribution in [0.15, 0.2) is 35.3 Å². The van der Waals surface area contributed by atoms with Crippen molar-refractivity contribution >= 4 is 39.2 Å². The van der Waals surface area contributed by atoms with Crippen molar-refractivity contribution < 1.29 is 18.3 Å². The van der Waals surface area contributed by atoms with Gasteiger partial charge >= 0.3 is 0 Å². The summed E-state index contributed by atoms with van der Waals surface area (Å²) in [5.74, 6) is -2.55. The molecule has 10 heteroatoms. The second-order valence-corrected chi connectivity index (χ2v) is 7.71. The van der Waals surface area contributed by atoms with Crippen LogP contribution in [0.5, 0.6) is 0 Å². The Hall–Kier alpha value is -3.30. The zero-order valence-electron chi connectivity index (χ0n) is 16.1. The van der Waals surface area contributed by atoms with E-state index in [1.165, 1.54) is 11.1 Å². The maximum absolute atomic E-state index is 14.0. The molecule has 0 radical (unpaired) electrons. The number of halogens is 3. The molecular formula is C21H15ClF2N4O3. The number of likely N-dealkylation sites (N-methyl/N-ethyl adjacent to an activating group) is 1. The van der Waals surface area contributed by atoms with E-state index in [1.807, 2.05) is 0 Å². The minimum atomic E-state index is -1.12. The highest BCUT2D eigenvalue weighted by atomic mass is 35.5. The Bertz CT molecular complexity index is 1430. The van der Waals surface area contributed by atoms with E-state index >= 15 is 0 Å². The second-order valence-electron chi connectivity index (χ2n) is 7.35. The number of benzene rings is 1. The Balaban J connectivity index is 1.62. The maximum Gasteiger partial charge on any atom is 0.270 e. The molecule has 1 atom stereocenters. The van der Waals surface area contributed by atoms with E-state index in [1.54, 1.807) is 19.2 Å². The number of aromatic nitrogens is 3. The van der Waals surface area contributed by atoms with Crippen molar-refractivity contribution in [1.82, 2.24) is 19.9 Å². The first-order valence-corrected chi connectivity index (χ1v) is 9.75. The van der Waals surface area contributed by atoms with E-state index in [0.29, 0.717) is 16.8 Å². The number of carbonyl (C=O) groups is 1. The fourth-order valence-electron chi connectivity index (χ4n) is 4.01. The molecule has 4 heterocycles. The first-order chi connectivity index (χ1) is 14.8. The van der Waals surface area contributed by atoms with Crippen molar-refractivity contribution in [2.75, 3.05) is 13.7 Å². The lowest BCUT2D eigenvalue weighted by Crippen LogP contribution is -2.37. The van der Waals surface area contributed by atoms with Crippen molar-refractivity contribution in [3.63, 3.8) is 0 Å². The highest BCUT2D eigenvalue weighted by Gasteiger charge is 2.32. The summed E-state index contributed by atoms with van der Waals surface area (Å²) in [6.07, 6.45) is 1.54. The molecule has 7 nitrogen and oxygen atoms in total. The summed E-state index contributed by atoms with van der Waals surface area (Å²) in [6, 6.07) is 4.60. The Morgan fingerprint density at radius 1 is 1.23 bits per heavy atom. The number of hydrogen-bond donors (Lipinski definition) is 2. The summed E-state index contributed by atoms with van der Waals surface area (Å²) >= 11 is 6.09. The van der Waals surface area contributed by atoms with E-state index in [9.17, 15) is 18.4 Å². The van der Waals surface area contributed by atoms with Crippen molar-refractivity contribution in [2.24, 2.45) is 0 Å². The molecule has 31 heavy (non-hydrogen) atoms. The number of amides is 1. The van der Waals surface area contributed by atoms with Crippen molar-refractivity contribution in [3.8, 4) is 0 Å². The van der Waals surface area contributed by atoms with Crippen LogP contribution in [0.2, 0.25) is 5.15 Å². The van der Waals surface area contributed by atoms with Crippen LogP contribution in [0.3, 0.4) is 0 Å². The van der Waals surface area contributed by atoms with Gasteiger partial charge in [-0.15, -0.1) is 0 Å². The first kappa shape index (κ1) is 19.7. The highest BCUT2D eigenvalue weighted by Crippen LogP contribution is 2.34. The Morgan fingerprint density at radius 2 is 1.97 bits per heavy atom. The molecule has 3 aromatic heterocycles. The maximum atomic E-state index is 14.0. The van der Waals surface area contributed by atoms with Crippen LogP contribution in [-0.2, 0) is 11.3 Å². The predicted molar refractivity (Wildman–Crippen MR) is 110 cm³/mol. The van der Waals surface area contributed by atoms with Crippen LogP contribution in [0.25, 0.3) is 21.7 Å². The molecule has 1 unspecified atom stereocenters. The number of rotatable bonds is 2. The lowest BCUT2D eigenvalue weighted by atomic mass is 9.95. The number of ether oxygens (including phenoxy) is 1. The van der Waals surface area contributed by atoms with Gasteiger partial charge in [0.1, 0.15) is 5.69 Å². The Labute approximate surface area is 178 Å². The molecule has 0 bridgehead atoms. The number of nitrogens with zero attached hydrogens (tertiary/aromatic N) is 2. The molecule has 2 N–H and O–H groups in total. The quantitative estimate of drug-likeness (QED) is 0.461. The van der Waals surface area contributed by atoms with E-state index in [2.05, 4.69) is 15.0 Å². The molecule has 1 amide bonds. The average molecular weight is 445 g/mol. The van der Waals surface area contributed by atoms with Crippen LogP contribution >= 0.6 is 11.6 Å². The van der Waals surface area contributed by atoms with Crippen LogP contribution in [0.1, 0.15) is 27.8 Å². The number of nitrogens with one attached hydrogen (secondary N) is 2. The second kappa shape index (κ2) is 7.14. The zero-order chi connectivity index (χ0) is 21.9. The summed E-state index contributed by atoms with van der Waals surface area (Å²) in [5.41, 5.74) is 1.21. The molecule has 0 saturated heterocycles. The molecule has 0 saturated carbocycles. The van der Waals surface area contributed by atoms with Gasteiger partial charge in [0.2, 0.25) is 0 Å². The molecule has 158 valence electrons. The number of carbonyl (C=O) groups excluding carboxylic acids is 1. The molecular weight excluding hydrogens is 430 g/mol. The minimum absolute atomic E-state index is 0.00821. The molecule has 1 aliphatic heterocycles. The third-order valence-electron chi connectivity index (χ3n) is 5.55. The molecule has 5 rings (SSSR count). The first-order valence-electron chi connectivity index (χ1n) is 9.37. The van der Waals surface area contributed by atoms with Crippen molar-refractivity contribution in [1.29, 1.82) is 0 Å². The van der Waals surface area contributed by atoms with Crippen molar-refractivity contribution in [2.45, 2.75) is 12.6 Å². The lowest BCUT2D eigenvalue weighted by Gasteiger charge is -2.33. The van der Waals surface area contributed by atoms with Crippen LogP contribution in [0.4, 0.5) is 8.78 Å². The third kappa shape index (κ3) is 3.08. The van der Waals surface area contributed by atoms with Gasteiger partial charge in [-0.1, -0.05) is 11.6 Å². The van der Waals surface area contributed by atoms with Gasteiger partial charge in [-0.3, -0.25) is 9.59 Å². The largest absolute Gasteiger partial charge is 0.373 e. The van der Waals surface area contributed by atoms with Crippen LogP contribution < -0.4 is 5.56 Å². The summed E-state index contributed by atoms with van der Waals surface area (Å²) in [7, 11) is 1.58. The molecule has 0 spiro atoms. The van der Waals surface area contributed by atoms with E-state index in [0.717, 1.165) is 17.5 Å². The molecule has 4 aromatic rings. The molecule has 0 aliphatic carbocycles. The summed E-state index contributed by atoms with van der Waals surface area (Å²) in [5, 5.41) is 1.22. The van der Waals surface area contributed by atoms with Crippen molar-refractivity contribution in [3.05, 3.63) is 74.6 Å². The lowest BCUT2D eigenvalue weighted by molar-refractivity contribution is 0.0333. The van der Waals surface area contributed by atoms with Gasteiger partial charge in [0, 0.05) is 29.9 Å². The van der Waals surface area contributed by atoms with E-state index < -0.39 is 23.2 Å². The number of fused-ring (bicyclic) bond motifs is 4. The Morgan fingerprint density at radius 3 is 2.71 bits per heavy atom. The normalized spacial score (nSPS) is 15.9. The summed E-state index contributed by atoms with van der Waals surface area (Å²) < 4.78 is 33.4. The van der Waals surface area contributed by atoms with E-state index in [-0.39, 0.29) is 40.7 Å². The predicted octanol–water partition coefficient (Wildman–Crippen LogP) is 3.68. The van der Waals surface area contributed by atoms with Gasteiger partial charge in [-0.05, 0) is 29.7 Å². The van der Waals surface area contributed by atoms with Gasteiger partial charge < -0.3 is 19.6 Å². The monoisotopic (exact) mass is 444 g/mol. The number of pyridine rings is 2. The number of aromatic amines is 2. The number of H-pyrrole nitrogens is 2. The zero-order valence-corrected chi connectivity index (χ0v) is 16.9. The van der Waals surface area contributed by atoms with Crippen LogP contribution in [-0.4, -0.2) is 39.4 Å². The average Bonchev–Trinajstić information content (AvgIpc) is 3.19. The third-order valence-corrected chi connectivity index (χ3v) is 5.84. The van der Waals surface area contributed by atoms with Gasteiger partial charge in [0.15, 0.2) is 16.8 Å². The smallest absolute Gasteiger partial charge is 0.270 e. The highest BCUT2D eigenvalue weighted by molar-refractivity contribution is 6.33. The topological polar surface area (TPSA) is 91.1 Å². The SMILES string of the molecule is CN(C(=O)c1cc2ccnc(Cl)c2[nH]1)C1COCc2[nH]c(=O)c3cc(F)c(F)cc3c21. The van der Waals surface area contributed by atoms with Gasteiger partial charge in [0.05, 0.1) is 30.2 Å². The van der Waals surface area contributed by atoms with Crippen LogP contribution in [0, 0.1) is 11.6 Å². The number of hydrogen-bond acceptors (Lipinski definition) is 4. The van der Waals surface area contributed by atoms with Gasteiger partial charge in [-0.2, -0.15) is 0 Å². The summed E-state index contributed by atoms with van der Waals surface area (Å²) in [6.45, 7) is 0.212. The molecule has 1 aromatic carbocycles.